The molecule has 0 saturated carbocycles. The van der Waals surface area contributed by atoms with E-state index in [-0.39, 0.29) is 30.3 Å². The summed E-state index contributed by atoms with van der Waals surface area (Å²) in [7, 11) is 0. The number of amides is 3. The van der Waals surface area contributed by atoms with Crippen molar-refractivity contribution < 1.29 is 14.4 Å². The van der Waals surface area contributed by atoms with Crippen LogP contribution < -0.4 is 16.4 Å². The number of nitrogens with one attached hydrogen (secondary N) is 2. The summed E-state index contributed by atoms with van der Waals surface area (Å²) in [5, 5.41) is 11.8. The van der Waals surface area contributed by atoms with Crippen LogP contribution in [0.5, 0.6) is 0 Å². The van der Waals surface area contributed by atoms with E-state index in [9.17, 15) is 14.4 Å². The van der Waals surface area contributed by atoms with Crippen LogP contribution in [0, 0.1) is 0 Å². The molecule has 8 heteroatoms. The molecule has 4 N–H and O–H groups in total. The second kappa shape index (κ2) is 4.78. The van der Waals surface area contributed by atoms with E-state index in [2.05, 4.69) is 20.8 Å². The zero-order valence-corrected chi connectivity index (χ0v) is 9.34. The maximum Gasteiger partial charge on any atom is 0.272 e. The summed E-state index contributed by atoms with van der Waals surface area (Å²) in [5.74, 6) is -1.18. The van der Waals surface area contributed by atoms with Gasteiger partial charge in [-0.25, -0.2) is 0 Å². The SMILES string of the molecule is Nc1ccc(C(=O)NC2CCC(=O)NC2=O)nn1. The maximum atomic E-state index is 11.7. The first kappa shape index (κ1) is 12.0. The van der Waals surface area contributed by atoms with Crippen molar-refractivity contribution in [3.8, 4) is 0 Å². The molecule has 1 aliphatic heterocycles. The van der Waals surface area contributed by atoms with E-state index < -0.39 is 17.9 Å². The average molecular weight is 249 g/mol. The van der Waals surface area contributed by atoms with Crippen LogP contribution in [0.1, 0.15) is 23.3 Å². The predicted octanol–water partition coefficient (Wildman–Crippen LogP) is -1.41. The van der Waals surface area contributed by atoms with Crippen LogP contribution in [-0.2, 0) is 9.59 Å². The number of nitrogens with zero attached hydrogens (tertiary/aromatic N) is 2. The summed E-state index contributed by atoms with van der Waals surface area (Å²) < 4.78 is 0. The Morgan fingerprint density at radius 2 is 2.17 bits per heavy atom. The first-order valence-electron chi connectivity index (χ1n) is 5.30. The first-order valence-corrected chi connectivity index (χ1v) is 5.30. The Morgan fingerprint density at radius 3 is 2.78 bits per heavy atom. The molecule has 18 heavy (non-hydrogen) atoms. The van der Waals surface area contributed by atoms with E-state index in [1.54, 1.807) is 0 Å². The van der Waals surface area contributed by atoms with Gasteiger partial charge in [0.1, 0.15) is 11.9 Å². The van der Waals surface area contributed by atoms with Crippen molar-refractivity contribution in [1.29, 1.82) is 0 Å². The number of hydrogen-bond donors (Lipinski definition) is 3. The van der Waals surface area contributed by atoms with Crippen LogP contribution >= 0.6 is 0 Å². The van der Waals surface area contributed by atoms with Gasteiger partial charge in [-0.05, 0) is 18.6 Å². The van der Waals surface area contributed by atoms with Crippen molar-refractivity contribution >= 4 is 23.5 Å². The van der Waals surface area contributed by atoms with Crippen LogP contribution in [0.15, 0.2) is 12.1 Å². The van der Waals surface area contributed by atoms with Crippen LogP contribution in [0.25, 0.3) is 0 Å². The van der Waals surface area contributed by atoms with Crippen molar-refractivity contribution in [2.75, 3.05) is 5.73 Å². The minimum absolute atomic E-state index is 0.0638. The fourth-order valence-electron chi connectivity index (χ4n) is 1.53. The molecule has 0 spiro atoms. The molecule has 1 saturated heterocycles. The van der Waals surface area contributed by atoms with Crippen molar-refractivity contribution in [2.45, 2.75) is 18.9 Å². The van der Waals surface area contributed by atoms with E-state index >= 15 is 0 Å². The van der Waals surface area contributed by atoms with Gasteiger partial charge in [-0.3, -0.25) is 19.7 Å². The van der Waals surface area contributed by atoms with Crippen molar-refractivity contribution in [3.63, 3.8) is 0 Å². The number of nitrogens with two attached hydrogens (primary N) is 1. The number of rotatable bonds is 2. The molecule has 1 aromatic heterocycles. The van der Waals surface area contributed by atoms with Crippen LogP contribution in [0.4, 0.5) is 5.82 Å². The van der Waals surface area contributed by atoms with Gasteiger partial charge in [-0.15, -0.1) is 10.2 Å². The Bertz CT molecular complexity index is 499. The smallest absolute Gasteiger partial charge is 0.272 e. The van der Waals surface area contributed by atoms with Crippen LogP contribution in [0.2, 0.25) is 0 Å². The molecule has 1 unspecified atom stereocenters. The second-order valence-electron chi connectivity index (χ2n) is 3.82. The topological polar surface area (TPSA) is 127 Å². The Morgan fingerprint density at radius 1 is 1.39 bits per heavy atom. The average Bonchev–Trinajstić information content (AvgIpc) is 2.33. The van der Waals surface area contributed by atoms with Gasteiger partial charge in [0, 0.05) is 6.42 Å². The second-order valence-corrected chi connectivity index (χ2v) is 3.82. The van der Waals surface area contributed by atoms with E-state index in [1.165, 1.54) is 12.1 Å². The minimum atomic E-state index is -0.727. The monoisotopic (exact) mass is 249 g/mol. The lowest BCUT2D eigenvalue weighted by Crippen LogP contribution is -2.52. The Balaban J connectivity index is 2.01. The Hall–Kier alpha value is -2.51. The summed E-state index contributed by atoms with van der Waals surface area (Å²) in [6, 6.07) is 2.12. The van der Waals surface area contributed by atoms with Gasteiger partial charge >= 0.3 is 0 Å². The predicted molar refractivity (Wildman–Crippen MR) is 60.1 cm³/mol. The summed E-state index contributed by atoms with van der Waals surface area (Å²) in [5.41, 5.74) is 5.41. The normalized spacial score (nSPS) is 19.2. The van der Waals surface area contributed by atoms with Gasteiger partial charge in [-0.2, -0.15) is 0 Å². The lowest BCUT2D eigenvalue weighted by Gasteiger charge is -2.21. The number of hydrogen-bond acceptors (Lipinski definition) is 6. The third-order valence-corrected chi connectivity index (χ3v) is 2.46. The molecule has 0 aromatic carbocycles. The molecule has 1 atom stereocenters. The number of carbonyl (C=O) groups excluding carboxylic acids is 3. The van der Waals surface area contributed by atoms with Gasteiger partial charge in [0.25, 0.3) is 5.91 Å². The molecule has 8 nitrogen and oxygen atoms in total. The zero-order valence-electron chi connectivity index (χ0n) is 9.34. The summed E-state index contributed by atoms with van der Waals surface area (Å²) in [6.45, 7) is 0. The molecule has 0 aliphatic carbocycles. The highest BCUT2D eigenvalue weighted by Gasteiger charge is 2.28. The molecule has 1 aromatic rings. The number of nitrogen functional groups attached to an aromatic ring is 1. The van der Waals surface area contributed by atoms with Crippen molar-refractivity contribution in [2.24, 2.45) is 0 Å². The first-order chi connectivity index (χ1) is 8.56. The van der Waals surface area contributed by atoms with Gasteiger partial charge in [-0.1, -0.05) is 0 Å². The Labute approximate surface area is 102 Å². The summed E-state index contributed by atoms with van der Waals surface area (Å²) in [4.78, 5) is 34.1. The van der Waals surface area contributed by atoms with E-state index in [0.717, 1.165) is 0 Å². The van der Waals surface area contributed by atoms with Gasteiger partial charge < -0.3 is 11.1 Å². The minimum Gasteiger partial charge on any atom is -0.382 e. The van der Waals surface area contributed by atoms with Crippen molar-refractivity contribution in [3.05, 3.63) is 17.8 Å². The van der Waals surface area contributed by atoms with Gasteiger partial charge in [0.05, 0.1) is 0 Å². The number of aromatic nitrogens is 2. The lowest BCUT2D eigenvalue weighted by atomic mass is 10.1. The molecule has 1 fully saturated rings. The molecule has 2 heterocycles. The zero-order chi connectivity index (χ0) is 13.1. The number of carbonyl (C=O) groups is 3. The van der Waals surface area contributed by atoms with E-state index in [4.69, 9.17) is 5.73 Å². The van der Waals surface area contributed by atoms with Crippen molar-refractivity contribution in [1.82, 2.24) is 20.8 Å². The highest BCUT2D eigenvalue weighted by Crippen LogP contribution is 2.05. The lowest BCUT2D eigenvalue weighted by molar-refractivity contribution is -0.134. The molecule has 3 amide bonds. The molecule has 94 valence electrons. The quantitative estimate of drug-likeness (QED) is 0.553. The largest absolute Gasteiger partial charge is 0.382 e. The fraction of sp³-hybridized carbons (Fsp3) is 0.300. The third-order valence-electron chi connectivity index (χ3n) is 2.46. The summed E-state index contributed by atoms with van der Waals surface area (Å²) >= 11 is 0. The standard InChI is InChI=1S/C10H11N5O3/c11-7-3-1-6(14-15-7)10(18)12-5-2-4-8(16)13-9(5)17/h1,3,5H,2,4H2,(H2,11,15)(H,12,18)(H,13,16,17). The molecule has 2 rings (SSSR count). The van der Waals surface area contributed by atoms with Gasteiger partial charge in [0.15, 0.2) is 5.69 Å². The molecule has 0 bridgehead atoms. The van der Waals surface area contributed by atoms with Crippen LogP contribution in [-0.4, -0.2) is 34.0 Å². The highest BCUT2D eigenvalue weighted by molar-refractivity contribution is 6.03. The molecular weight excluding hydrogens is 238 g/mol. The van der Waals surface area contributed by atoms with E-state index in [1.807, 2.05) is 0 Å². The molecule has 1 aliphatic rings. The highest BCUT2D eigenvalue weighted by atomic mass is 16.2. The number of imide groups is 1. The fourth-order valence-corrected chi connectivity index (χ4v) is 1.53. The van der Waals surface area contributed by atoms with E-state index in [0.29, 0.717) is 0 Å². The number of anilines is 1. The van der Waals surface area contributed by atoms with Crippen LogP contribution in [0.3, 0.4) is 0 Å². The molecular formula is C10H11N5O3. The number of piperidine rings is 1. The summed E-state index contributed by atoms with van der Waals surface area (Å²) in [6.07, 6.45) is 0.475. The Kier molecular flexibility index (Phi) is 3.18. The van der Waals surface area contributed by atoms with Gasteiger partial charge in [0.2, 0.25) is 11.8 Å². The third kappa shape index (κ3) is 2.59. The molecule has 0 radical (unpaired) electrons. The maximum absolute atomic E-state index is 11.7.